The van der Waals surface area contributed by atoms with Gasteiger partial charge in [-0.25, -0.2) is 0 Å². The monoisotopic (exact) mass is 348 g/mol. The standard InChI is InChI=1S/C17H17ClN2O2S/c18-15-9-5-4-8-14(15)17(22)20-12-16(21)19-10-11-23-13-6-2-1-3-7-13/h1-9H,10-12H2,(H,19,21)(H,20,22). The lowest BCUT2D eigenvalue weighted by atomic mass is 10.2. The summed E-state index contributed by atoms with van der Waals surface area (Å²) in [6.45, 7) is 0.473. The number of amides is 2. The van der Waals surface area contributed by atoms with Crippen molar-refractivity contribution in [2.75, 3.05) is 18.8 Å². The number of rotatable bonds is 7. The molecule has 2 aromatic carbocycles. The molecule has 2 rings (SSSR count). The third-order valence-corrected chi connectivity index (χ3v) is 4.31. The molecule has 0 saturated carbocycles. The van der Waals surface area contributed by atoms with Gasteiger partial charge in [-0.1, -0.05) is 41.9 Å². The Kier molecular flexibility index (Phi) is 6.97. The zero-order chi connectivity index (χ0) is 16.5. The molecule has 4 nitrogen and oxygen atoms in total. The first-order valence-electron chi connectivity index (χ1n) is 7.14. The van der Waals surface area contributed by atoms with E-state index in [1.165, 1.54) is 0 Å². The van der Waals surface area contributed by atoms with Crippen LogP contribution in [-0.4, -0.2) is 30.7 Å². The van der Waals surface area contributed by atoms with Crippen LogP contribution in [0.15, 0.2) is 59.5 Å². The zero-order valence-electron chi connectivity index (χ0n) is 12.4. The number of nitrogens with one attached hydrogen (secondary N) is 2. The summed E-state index contributed by atoms with van der Waals surface area (Å²) in [6, 6.07) is 16.7. The van der Waals surface area contributed by atoms with E-state index in [4.69, 9.17) is 11.6 Å². The Balaban J connectivity index is 1.65. The highest BCUT2D eigenvalue weighted by Gasteiger charge is 2.10. The van der Waals surface area contributed by atoms with E-state index in [-0.39, 0.29) is 18.4 Å². The molecule has 0 heterocycles. The van der Waals surface area contributed by atoms with Crippen LogP contribution < -0.4 is 10.6 Å². The van der Waals surface area contributed by atoms with Gasteiger partial charge in [0.2, 0.25) is 5.91 Å². The molecule has 0 saturated heterocycles. The number of carbonyl (C=O) groups is 2. The van der Waals surface area contributed by atoms with Crippen molar-refractivity contribution in [1.82, 2.24) is 10.6 Å². The largest absolute Gasteiger partial charge is 0.354 e. The molecule has 0 spiro atoms. The number of halogens is 1. The first-order valence-corrected chi connectivity index (χ1v) is 8.50. The number of hydrogen-bond acceptors (Lipinski definition) is 3. The van der Waals surface area contributed by atoms with Gasteiger partial charge in [-0.15, -0.1) is 11.8 Å². The Morgan fingerprint density at radius 1 is 0.957 bits per heavy atom. The number of hydrogen-bond donors (Lipinski definition) is 2. The molecule has 0 atom stereocenters. The minimum atomic E-state index is -0.357. The molecule has 2 aromatic rings. The van der Waals surface area contributed by atoms with E-state index < -0.39 is 0 Å². The summed E-state index contributed by atoms with van der Waals surface area (Å²) in [4.78, 5) is 24.8. The van der Waals surface area contributed by atoms with E-state index in [1.54, 1.807) is 36.0 Å². The fourth-order valence-corrected chi connectivity index (χ4v) is 2.85. The summed E-state index contributed by atoms with van der Waals surface area (Å²) in [6.07, 6.45) is 0. The highest BCUT2D eigenvalue weighted by Crippen LogP contribution is 2.16. The lowest BCUT2D eigenvalue weighted by Crippen LogP contribution is -2.37. The van der Waals surface area contributed by atoms with E-state index in [0.717, 1.165) is 10.6 Å². The molecular formula is C17H17ClN2O2S. The average Bonchev–Trinajstić information content (AvgIpc) is 2.58. The molecule has 0 unspecified atom stereocenters. The number of carbonyl (C=O) groups excluding carboxylic acids is 2. The third-order valence-electron chi connectivity index (χ3n) is 2.96. The smallest absolute Gasteiger partial charge is 0.253 e. The van der Waals surface area contributed by atoms with Crippen LogP contribution >= 0.6 is 23.4 Å². The van der Waals surface area contributed by atoms with Crippen LogP contribution in [0.2, 0.25) is 5.02 Å². The maximum Gasteiger partial charge on any atom is 0.253 e. The lowest BCUT2D eigenvalue weighted by molar-refractivity contribution is -0.120. The molecule has 0 fully saturated rings. The van der Waals surface area contributed by atoms with Crippen LogP contribution in [-0.2, 0) is 4.79 Å². The molecule has 0 radical (unpaired) electrons. The fourth-order valence-electron chi connectivity index (χ4n) is 1.84. The van der Waals surface area contributed by atoms with Gasteiger partial charge in [0.15, 0.2) is 0 Å². The van der Waals surface area contributed by atoms with Gasteiger partial charge >= 0.3 is 0 Å². The number of benzene rings is 2. The Hall–Kier alpha value is -1.98. The molecule has 0 aliphatic carbocycles. The first-order chi connectivity index (χ1) is 11.2. The van der Waals surface area contributed by atoms with Gasteiger partial charge in [0.05, 0.1) is 17.1 Å². The van der Waals surface area contributed by atoms with E-state index in [1.807, 2.05) is 30.3 Å². The fraction of sp³-hybridized carbons (Fsp3) is 0.176. The van der Waals surface area contributed by atoms with E-state index in [9.17, 15) is 9.59 Å². The summed E-state index contributed by atoms with van der Waals surface area (Å²) in [5, 5.41) is 5.69. The van der Waals surface area contributed by atoms with Crippen LogP contribution in [0, 0.1) is 0 Å². The van der Waals surface area contributed by atoms with Gasteiger partial charge in [0.25, 0.3) is 5.91 Å². The summed E-state index contributed by atoms with van der Waals surface area (Å²) < 4.78 is 0. The lowest BCUT2D eigenvalue weighted by Gasteiger charge is -2.08. The minimum absolute atomic E-state index is 0.0694. The second-order valence-electron chi connectivity index (χ2n) is 4.67. The van der Waals surface area contributed by atoms with Crippen molar-refractivity contribution in [2.24, 2.45) is 0 Å². The van der Waals surface area contributed by atoms with Crippen molar-refractivity contribution in [3.8, 4) is 0 Å². The van der Waals surface area contributed by atoms with Crippen molar-refractivity contribution >= 4 is 35.2 Å². The minimum Gasteiger partial charge on any atom is -0.354 e. The molecule has 0 aliphatic heterocycles. The summed E-state index contributed by atoms with van der Waals surface area (Å²) in [5.41, 5.74) is 0.363. The molecule has 0 bridgehead atoms. The van der Waals surface area contributed by atoms with Crippen LogP contribution in [0.25, 0.3) is 0 Å². The van der Waals surface area contributed by atoms with Gasteiger partial charge < -0.3 is 10.6 Å². The van der Waals surface area contributed by atoms with Gasteiger partial charge in [-0.3, -0.25) is 9.59 Å². The highest BCUT2D eigenvalue weighted by molar-refractivity contribution is 7.99. The van der Waals surface area contributed by atoms with Crippen LogP contribution in [0.4, 0.5) is 0 Å². The average molecular weight is 349 g/mol. The molecule has 2 N–H and O–H groups in total. The summed E-state index contributed by atoms with van der Waals surface area (Å²) in [7, 11) is 0. The molecule has 0 aromatic heterocycles. The first kappa shape index (κ1) is 17.4. The Labute approximate surface area is 144 Å². The van der Waals surface area contributed by atoms with Crippen molar-refractivity contribution in [3.05, 3.63) is 65.2 Å². The van der Waals surface area contributed by atoms with Crippen molar-refractivity contribution in [3.63, 3.8) is 0 Å². The molecule has 0 aliphatic rings. The van der Waals surface area contributed by atoms with Crippen LogP contribution in [0.3, 0.4) is 0 Å². The van der Waals surface area contributed by atoms with Crippen molar-refractivity contribution in [2.45, 2.75) is 4.90 Å². The maximum absolute atomic E-state index is 11.9. The Morgan fingerprint density at radius 3 is 2.39 bits per heavy atom. The molecule has 23 heavy (non-hydrogen) atoms. The SMILES string of the molecule is O=C(CNC(=O)c1ccccc1Cl)NCCSc1ccccc1. The highest BCUT2D eigenvalue weighted by atomic mass is 35.5. The molecule has 120 valence electrons. The quantitative estimate of drug-likeness (QED) is 0.597. The Bertz CT molecular complexity index is 665. The maximum atomic E-state index is 11.9. The molecule has 6 heteroatoms. The van der Waals surface area contributed by atoms with Crippen LogP contribution in [0.5, 0.6) is 0 Å². The molecular weight excluding hydrogens is 332 g/mol. The van der Waals surface area contributed by atoms with E-state index in [2.05, 4.69) is 10.6 Å². The van der Waals surface area contributed by atoms with Crippen LogP contribution in [0.1, 0.15) is 10.4 Å². The topological polar surface area (TPSA) is 58.2 Å². The third kappa shape index (κ3) is 5.96. The van der Waals surface area contributed by atoms with E-state index in [0.29, 0.717) is 17.1 Å². The second-order valence-corrected chi connectivity index (χ2v) is 6.25. The predicted molar refractivity (Wildman–Crippen MR) is 94.0 cm³/mol. The predicted octanol–water partition coefficient (Wildman–Crippen LogP) is 2.98. The van der Waals surface area contributed by atoms with Gasteiger partial charge in [-0.2, -0.15) is 0 Å². The zero-order valence-corrected chi connectivity index (χ0v) is 14.0. The van der Waals surface area contributed by atoms with Crippen molar-refractivity contribution < 1.29 is 9.59 Å². The number of thioether (sulfide) groups is 1. The van der Waals surface area contributed by atoms with Gasteiger partial charge in [0, 0.05) is 17.2 Å². The molecule has 2 amide bonds. The second kappa shape index (κ2) is 9.22. The summed E-state index contributed by atoms with van der Waals surface area (Å²) >= 11 is 7.60. The Morgan fingerprint density at radius 2 is 1.65 bits per heavy atom. The van der Waals surface area contributed by atoms with Gasteiger partial charge in [0.1, 0.15) is 0 Å². The van der Waals surface area contributed by atoms with E-state index >= 15 is 0 Å². The normalized spacial score (nSPS) is 10.1. The van der Waals surface area contributed by atoms with Crippen molar-refractivity contribution in [1.29, 1.82) is 0 Å². The summed E-state index contributed by atoms with van der Waals surface area (Å²) in [5.74, 6) is 0.192. The van der Waals surface area contributed by atoms with Gasteiger partial charge in [-0.05, 0) is 24.3 Å².